The second-order valence-corrected chi connectivity index (χ2v) is 5.94. The molecule has 0 aromatic rings. The third-order valence-electron chi connectivity index (χ3n) is 3.97. The zero-order chi connectivity index (χ0) is 17.5. The number of carbonyl (C=O) groups excluding carboxylic acids is 4. The highest BCUT2D eigenvalue weighted by atomic mass is 16.5. The van der Waals surface area contributed by atoms with E-state index >= 15 is 0 Å². The van der Waals surface area contributed by atoms with E-state index in [2.05, 4.69) is 21.2 Å². The van der Waals surface area contributed by atoms with Gasteiger partial charge in [0.25, 0.3) is 5.91 Å². The van der Waals surface area contributed by atoms with Crippen LogP contribution in [0.1, 0.15) is 51.9 Å². The highest BCUT2D eigenvalue weighted by Crippen LogP contribution is 2.17. The van der Waals surface area contributed by atoms with Gasteiger partial charge >= 0.3 is 12.0 Å². The Balaban J connectivity index is 1.75. The molecule has 1 fully saturated rings. The minimum Gasteiger partial charge on any atom is -0.448 e. The molecule has 132 valence electrons. The second-order valence-electron chi connectivity index (χ2n) is 5.94. The molecule has 0 bridgehead atoms. The Morgan fingerprint density at radius 3 is 2.54 bits per heavy atom. The smallest absolute Gasteiger partial charge is 0.355 e. The number of nitrogens with one attached hydrogen (secondary N) is 3. The first-order valence-corrected chi connectivity index (χ1v) is 8.13. The third-order valence-corrected chi connectivity index (χ3v) is 3.97. The van der Waals surface area contributed by atoms with E-state index in [1.165, 1.54) is 6.92 Å². The number of hydrogen-bond acceptors (Lipinski definition) is 6. The highest BCUT2D eigenvalue weighted by molar-refractivity contribution is 6.37. The van der Waals surface area contributed by atoms with Crippen LogP contribution in [0.15, 0.2) is 5.10 Å². The topological polar surface area (TPSA) is 126 Å². The average molecular weight is 338 g/mol. The molecule has 0 aromatic heterocycles. The lowest BCUT2D eigenvalue weighted by atomic mass is 9.96. The number of amides is 4. The summed E-state index contributed by atoms with van der Waals surface area (Å²) in [6.07, 6.45) is 4.23. The van der Waals surface area contributed by atoms with Crippen molar-refractivity contribution >= 4 is 29.5 Å². The molecular formula is C15H22N4O5. The Kier molecular flexibility index (Phi) is 6.28. The average Bonchev–Trinajstić information content (AvgIpc) is 2.56. The lowest BCUT2D eigenvalue weighted by molar-refractivity contribution is -0.148. The second kappa shape index (κ2) is 8.42. The van der Waals surface area contributed by atoms with Gasteiger partial charge < -0.3 is 10.1 Å². The lowest BCUT2D eigenvalue weighted by Gasteiger charge is -2.23. The van der Waals surface area contributed by atoms with E-state index in [4.69, 9.17) is 4.74 Å². The van der Waals surface area contributed by atoms with Crippen molar-refractivity contribution in [1.29, 1.82) is 0 Å². The Morgan fingerprint density at radius 1 is 1.21 bits per heavy atom. The van der Waals surface area contributed by atoms with Gasteiger partial charge in [-0.25, -0.2) is 15.0 Å². The van der Waals surface area contributed by atoms with Crippen molar-refractivity contribution in [2.45, 2.75) is 64.0 Å². The van der Waals surface area contributed by atoms with Crippen molar-refractivity contribution in [3.8, 4) is 0 Å². The number of esters is 1. The molecule has 9 nitrogen and oxygen atoms in total. The number of nitrogens with zero attached hydrogens (tertiary/aromatic N) is 1. The molecule has 1 saturated carbocycles. The number of urea groups is 1. The van der Waals surface area contributed by atoms with Crippen LogP contribution in [0.3, 0.4) is 0 Å². The molecule has 0 aromatic carbocycles. The minimum absolute atomic E-state index is 0.0425. The first-order chi connectivity index (χ1) is 11.5. The van der Waals surface area contributed by atoms with E-state index in [0.717, 1.165) is 32.1 Å². The third kappa shape index (κ3) is 5.32. The summed E-state index contributed by atoms with van der Waals surface area (Å²) in [5, 5.41) is 8.50. The van der Waals surface area contributed by atoms with Crippen molar-refractivity contribution in [1.82, 2.24) is 16.1 Å². The van der Waals surface area contributed by atoms with E-state index in [9.17, 15) is 19.2 Å². The molecule has 2 rings (SSSR count). The number of hydrogen-bond donors (Lipinski definition) is 3. The van der Waals surface area contributed by atoms with Crippen LogP contribution in [-0.4, -0.2) is 41.7 Å². The monoisotopic (exact) mass is 338 g/mol. The number of hydrazone groups is 1. The predicted octanol–water partition coefficient (Wildman–Crippen LogP) is 0.343. The fourth-order valence-corrected chi connectivity index (χ4v) is 2.59. The van der Waals surface area contributed by atoms with Crippen molar-refractivity contribution in [2.24, 2.45) is 5.10 Å². The van der Waals surface area contributed by atoms with E-state index in [0.29, 0.717) is 0 Å². The number of imide groups is 1. The van der Waals surface area contributed by atoms with Gasteiger partial charge in [0, 0.05) is 18.9 Å². The van der Waals surface area contributed by atoms with Gasteiger partial charge in [0.15, 0.2) is 6.10 Å². The van der Waals surface area contributed by atoms with Gasteiger partial charge in [-0.1, -0.05) is 19.3 Å². The SMILES string of the molecule is C[C@@H](OC(=O)C1=NNC(=O)CC1)C(=O)NC(=O)NC1CCCCC1. The zero-order valence-electron chi connectivity index (χ0n) is 13.6. The molecule has 1 heterocycles. The van der Waals surface area contributed by atoms with Crippen molar-refractivity contribution in [2.75, 3.05) is 0 Å². The van der Waals surface area contributed by atoms with Crippen LogP contribution < -0.4 is 16.1 Å². The molecule has 0 saturated heterocycles. The molecule has 0 unspecified atom stereocenters. The normalized spacial score (nSPS) is 19.5. The summed E-state index contributed by atoms with van der Waals surface area (Å²) < 4.78 is 4.96. The Morgan fingerprint density at radius 2 is 1.92 bits per heavy atom. The standard InChI is InChI=1S/C15H22N4O5/c1-9(24-14(22)11-7-8-12(20)19-18-11)13(21)17-15(23)16-10-5-3-2-4-6-10/h9-10H,2-8H2,1H3,(H,19,20)(H2,16,17,21,23)/t9-/m1/s1. The van der Waals surface area contributed by atoms with Crippen molar-refractivity contribution in [3.63, 3.8) is 0 Å². The minimum atomic E-state index is -1.14. The molecular weight excluding hydrogens is 316 g/mol. The van der Waals surface area contributed by atoms with E-state index < -0.39 is 24.0 Å². The molecule has 0 spiro atoms. The molecule has 1 atom stereocenters. The van der Waals surface area contributed by atoms with Gasteiger partial charge in [-0.3, -0.25) is 14.9 Å². The van der Waals surface area contributed by atoms with Crippen molar-refractivity contribution < 1.29 is 23.9 Å². The summed E-state index contributed by atoms with van der Waals surface area (Å²) in [5.41, 5.74) is 2.22. The van der Waals surface area contributed by atoms with E-state index in [1.807, 2.05) is 0 Å². The Bertz CT molecular complexity index is 554. The molecule has 1 aliphatic heterocycles. The van der Waals surface area contributed by atoms with Gasteiger partial charge in [0.2, 0.25) is 5.91 Å². The first-order valence-electron chi connectivity index (χ1n) is 8.13. The molecule has 0 radical (unpaired) electrons. The summed E-state index contributed by atoms with van der Waals surface area (Å²) in [6.45, 7) is 1.36. The number of carbonyl (C=O) groups is 4. The molecule has 4 amide bonds. The van der Waals surface area contributed by atoms with Crippen LogP contribution in [0.5, 0.6) is 0 Å². The maximum atomic E-state index is 11.9. The summed E-state index contributed by atoms with van der Waals surface area (Å²) in [4.78, 5) is 46.5. The van der Waals surface area contributed by atoms with Crippen LogP contribution in [0.4, 0.5) is 4.79 Å². The predicted molar refractivity (Wildman–Crippen MR) is 83.9 cm³/mol. The van der Waals surface area contributed by atoms with Crippen LogP contribution in [-0.2, 0) is 19.1 Å². The lowest BCUT2D eigenvalue weighted by Crippen LogP contribution is -2.48. The number of rotatable bonds is 4. The largest absolute Gasteiger partial charge is 0.448 e. The Labute approximate surface area is 139 Å². The van der Waals surface area contributed by atoms with Crippen molar-refractivity contribution in [3.05, 3.63) is 0 Å². The Hall–Kier alpha value is -2.45. The van der Waals surface area contributed by atoms with Gasteiger partial charge in [-0.05, 0) is 19.8 Å². The molecule has 2 aliphatic rings. The van der Waals surface area contributed by atoms with Crippen LogP contribution in [0, 0.1) is 0 Å². The quantitative estimate of drug-likeness (QED) is 0.637. The number of ether oxygens (including phenoxy) is 1. The molecule has 1 aliphatic carbocycles. The zero-order valence-corrected chi connectivity index (χ0v) is 13.6. The molecule has 3 N–H and O–H groups in total. The first kappa shape index (κ1) is 17.9. The fourth-order valence-electron chi connectivity index (χ4n) is 2.59. The van der Waals surface area contributed by atoms with E-state index in [-0.39, 0.29) is 30.5 Å². The summed E-state index contributed by atoms with van der Waals surface area (Å²) in [7, 11) is 0. The molecule has 9 heteroatoms. The highest BCUT2D eigenvalue weighted by Gasteiger charge is 2.25. The van der Waals surface area contributed by atoms with Crippen LogP contribution in [0.25, 0.3) is 0 Å². The fraction of sp³-hybridized carbons (Fsp3) is 0.667. The van der Waals surface area contributed by atoms with Gasteiger partial charge in [0.1, 0.15) is 5.71 Å². The maximum absolute atomic E-state index is 11.9. The van der Waals surface area contributed by atoms with Gasteiger partial charge in [0.05, 0.1) is 0 Å². The molecule has 24 heavy (non-hydrogen) atoms. The van der Waals surface area contributed by atoms with Crippen LogP contribution in [0.2, 0.25) is 0 Å². The van der Waals surface area contributed by atoms with Crippen LogP contribution >= 0.6 is 0 Å². The summed E-state index contributed by atoms with van der Waals surface area (Å²) in [6, 6.07) is -0.512. The summed E-state index contributed by atoms with van der Waals surface area (Å²) in [5.74, 6) is -1.78. The summed E-state index contributed by atoms with van der Waals surface area (Å²) >= 11 is 0. The maximum Gasteiger partial charge on any atom is 0.355 e. The van der Waals surface area contributed by atoms with Gasteiger partial charge in [-0.15, -0.1) is 0 Å². The van der Waals surface area contributed by atoms with E-state index in [1.54, 1.807) is 0 Å². The van der Waals surface area contributed by atoms with Gasteiger partial charge in [-0.2, -0.15) is 5.10 Å².